The van der Waals surface area contributed by atoms with Gasteiger partial charge in [-0.15, -0.1) is 11.3 Å². The Morgan fingerprint density at radius 1 is 1.09 bits per heavy atom. The maximum atomic E-state index is 12.4. The summed E-state index contributed by atoms with van der Waals surface area (Å²) in [6.45, 7) is 3.62. The van der Waals surface area contributed by atoms with Gasteiger partial charge in [0, 0.05) is 41.1 Å². The van der Waals surface area contributed by atoms with Gasteiger partial charge in [0.05, 0.1) is 12.1 Å². The lowest BCUT2D eigenvalue weighted by Crippen LogP contribution is -2.10. The molecular weight excluding hydrogens is 456 g/mol. The fourth-order valence-corrected chi connectivity index (χ4v) is 3.97. The van der Waals surface area contributed by atoms with Gasteiger partial charge >= 0.3 is 11.6 Å². The Labute approximate surface area is 199 Å². The number of benzene rings is 2. The maximum Gasteiger partial charge on any atom is 0.336 e. The van der Waals surface area contributed by atoms with Gasteiger partial charge in [-0.25, -0.2) is 9.78 Å². The minimum Gasteiger partial charge on any atom is -0.486 e. The minimum absolute atomic E-state index is 0.00703. The molecule has 0 spiro atoms. The second-order valence-corrected chi connectivity index (χ2v) is 8.60. The number of nitrogens with one attached hydrogen (secondary N) is 1. The van der Waals surface area contributed by atoms with E-state index in [9.17, 15) is 14.4 Å². The van der Waals surface area contributed by atoms with Gasteiger partial charge in [0.15, 0.2) is 0 Å². The van der Waals surface area contributed by atoms with Crippen molar-refractivity contribution in [2.24, 2.45) is 0 Å². The molecule has 0 radical (unpaired) electrons. The van der Waals surface area contributed by atoms with Crippen molar-refractivity contribution < 1.29 is 23.5 Å². The summed E-state index contributed by atoms with van der Waals surface area (Å²) in [4.78, 5) is 40.0. The molecule has 2 aromatic carbocycles. The zero-order chi connectivity index (χ0) is 24.1. The van der Waals surface area contributed by atoms with Gasteiger partial charge in [-0.05, 0) is 31.2 Å². The van der Waals surface area contributed by atoms with Crippen LogP contribution in [0.3, 0.4) is 0 Å². The first-order valence-corrected chi connectivity index (χ1v) is 11.4. The molecule has 0 aliphatic carbocycles. The fraction of sp³-hybridized carbons (Fsp3) is 0.200. The number of ether oxygens (including phenoxy) is 2. The fourth-order valence-electron chi connectivity index (χ4n) is 3.26. The summed E-state index contributed by atoms with van der Waals surface area (Å²) in [5.74, 6) is 0.0526. The Bertz CT molecular complexity index is 1390. The Morgan fingerprint density at radius 2 is 1.88 bits per heavy atom. The van der Waals surface area contributed by atoms with Crippen molar-refractivity contribution in [3.05, 3.63) is 86.2 Å². The van der Waals surface area contributed by atoms with E-state index < -0.39 is 11.6 Å². The highest BCUT2D eigenvalue weighted by Crippen LogP contribution is 2.22. The zero-order valence-electron chi connectivity index (χ0n) is 18.6. The summed E-state index contributed by atoms with van der Waals surface area (Å²) in [5, 5.41) is 5.80. The topological polar surface area (TPSA) is 108 Å². The molecule has 1 N–H and O–H groups in total. The normalized spacial score (nSPS) is 10.8. The largest absolute Gasteiger partial charge is 0.486 e. The van der Waals surface area contributed by atoms with E-state index >= 15 is 0 Å². The lowest BCUT2D eigenvalue weighted by Gasteiger charge is -2.08. The van der Waals surface area contributed by atoms with Gasteiger partial charge in [0.25, 0.3) is 0 Å². The third-order valence-corrected chi connectivity index (χ3v) is 5.72. The summed E-state index contributed by atoms with van der Waals surface area (Å²) in [5.41, 5.74) is 2.48. The van der Waals surface area contributed by atoms with E-state index in [0.29, 0.717) is 34.5 Å². The quantitative estimate of drug-likeness (QED) is 0.296. The van der Waals surface area contributed by atoms with Crippen LogP contribution in [-0.2, 0) is 34.0 Å². The van der Waals surface area contributed by atoms with Crippen molar-refractivity contribution in [1.82, 2.24) is 4.98 Å². The number of nitrogens with zero attached hydrogens (tertiary/aromatic N) is 1. The first-order valence-electron chi connectivity index (χ1n) is 10.5. The Hall–Kier alpha value is -3.98. The molecule has 0 aliphatic heterocycles. The number of anilines is 1. The van der Waals surface area contributed by atoms with Gasteiger partial charge in [-0.2, -0.15) is 0 Å². The molecular formula is C25H22N2O6S. The average Bonchev–Trinajstić information content (AvgIpc) is 3.23. The number of carbonyl (C=O) groups excluding carboxylic acids is 2. The molecule has 0 unspecified atom stereocenters. The van der Waals surface area contributed by atoms with E-state index in [4.69, 9.17) is 13.9 Å². The maximum absolute atomic E-state index is 12.4. The first kappa shape index (κ1) is 23.2. The molecule has 2 aromatic heterocycles. The first-order chi connectivity index (χ1) is 16.4. The molecule has 8 nitrogen and oxygen atoms in total. The molecule has 4 aromatic rings. The number of carbonyl (C=O) groups is 2. The zero-order valence-corrected chi connectivity index (χ0v) is 19.4. The van der Waals surface area contributed by atoms with Gasteiger partial charge in [-0.1, -0.05) is 17.7 Å². The summed E-state index contributed by atoms with van der Waals surface area (Å²) in [7, 11) is 0. The monoisotopic (exact) mass is 478 g/mol. The van der Waals surface area contributed by atoms with Crippen LogP contribution in [0, 0.1) is 6.92 Å². The molecule has 0 aliphatic rings. The standard InChI is InChI=1S/C25H22N2O6S/c1-15-3-6-20(7-4-15)31-13-23-27-19(14-34-23)11-24(29)32-12-17-9-25(30)33-22-10-18(26-16(2)28)5-8-21(17)22/h3-10,14H,11-13H2,1-2H3,(H,26,28). The molecule has 9 heteroatoms. The van der Waals surface area contributed by atoms with Crippen molar-refractivity contribution in [1.29, 1.82) is 0 Å². The number of amides is 1. The lowest BCUT2D eigenvalue weighted by atomic mass is 10.1. The van der Waals surface area contributed by atoms with Crippen LogP contribution < -0.4 is 15.7 Å². The molecule has 0 fully saturated rings. The van der Waals surface area contributed by atoms with Crippen LogP contribution >= 0.6 is 11.3 Å². The third kappa shape index (κ3) is 6.08. The molecule has 34 heavy (non-hydrogen) atoms. The average molecular weight is 479 g/mol. The van der Waals surface area contributed by atoms with Crippen LogP contribution in [-0.4, -0.2) is 16.9 Å². The van der Waals surface area contributed by atoms with Crippen LogP contribution in [0.15, 0.2) is 63.1 Å². The van der Waals surface area contributed by atoms with E-state index in [0.717, 1.165) is 16.3 Å². The van der Waals surface area contributed by atoms with Crippen molar-refractivity contribution in [3.8, 4) is 5.75 Å². The molecule has 0 saturated carbocycles. The van der Waals surface area contributed by atoms with Crippen molar-refractivity contribution in [3.63, 3.8) is 0 Å². The van der Waals surface area contributed by atoms with Crippen LogP contribution in [0.5, 0.6) is 5.75 Å². The molecule has 0 atom stereocenters. The highest BCUT2D eigenvalue weighted by molar-refractivity contribution is 7.09. The van der Waals surface area contributed by atoms with E-state index in [1.54, 1.807) is 23.6 Å². The second kappa shape index (κ2) is 10.3. The number of thiazole rings is 1. The third-order valence-electron chi connectivity index (χ3n) is 4.85. The Kier molecular flexibility index (Phi) is 7.03. The predicted octanol–water partition coefficient (Wildman–Crippen LogP) is 4.38. The van der Waals surface area contributed by atoms with Crippen molar-refractivity contribution in [2.45, 2.75) is 33.5 Å². The molecule has 2 heterocycles. The molecule has 0 saturated heterocycles. The van der Waals surface area contributed by atoms with Gasteiger partial charge in [-0.3, -0.25) is 9.59 Å². The number of hydrogen-bond donors (Lipinski definition) is 1. The van der Waals surface area contributed by atoms with Gasteiger partial charge in [0.1, 0.15) is 29.6 Å². The Balaban J connectivity index is 1.35. The number of rotatable bonds is 8. The van der Waals surface area contributed by atoms with E-state index in [1.807, 2.05) is 31.2 Å². The number of aryl methyl sites for hydroxylation is 1. The van der Waals surface area contributed by atoms with Crippen molar-refractivity contribution in [2.75, 3.05) is 5.32 Å². The number of esters is 1. The summed E-state index contributed by atoms with van der Waals surface area (Å²) >= 11 is 1.41. The summed E-state index contributed by atoms with van der Waals surface area (Å²) in [6.07, 6.45) is 0.00703. The van der Waals surface area contributed by atoms with E-state index in [-0.39, 0.29) is 18.9 Å². The van der Waals surface area contributed by atoms with Crippen molar-refractivity contribution >= 4 is 39.9 Å². The second-order valence-electron chi connectivity index (χ2n) is 7.65. The van der Waals surface area contributed by atoms with Crippen LogP contribution in [0.1, 0.15) is 28.8 Å². The molecule has 174 valence electrons. The number of fused-ring (bicyclic) bond motifs is 1. The molecule has 0 bridgehead atoms. The SMILES string of the molecule is CC(=O)Nc1ccc2c(COC(=O)Cc3csc(COc4ccc(C)cc4)n3)cc(=O)oc2c1. The summed E-state index contributed by atoms with van der Waals surface area (Å²) in [6, 6.07) is 14.0. The highest BCUT2D eigenvalue weighted by Gasteiger charge is 2.13. The highest BCUT2D eigenvalue weighted by atomic mass is 32.1. The Morgan fingerprint density at radius 3 is 2.65 bits per heavy atom. The molecule has 1 amide bonds. The number of aromatic nitrogens is 1. The van der Waals surface area contributed by atoms with Gasteiger partial charge in [0.2, 0.25) is 5.91 Å². The van der Waals surface area contributed by atoms with Gasteiger partial charge < -0.3 is 19.2 Å². The van der Waals surface area contributed by atoms with Crippen LogP contribution in [0.25, 0.3) is 11.0 Å². The minimum atomic E-state index is -0.573. The van der Waals surface area contributed by atoms with E-state index in [2.05, 4.69) is 10.3 Å². The number of hydrogen-bond acceptors (Lipinski definition) is 8. The van der Waals surface area contributed by atoms with E-state index in [1.165, 1.54) is 24.3 Å². The van der Waals surface area contributed by atoms with Crippen LogP contribution in [0.4, 0.5) is 5.69 Å². The smallest absolute Gasteiger partial charge is 0.336 e. The predicted molar refractivity (Wildman–Crippen MR) is 128 cm³/mol. The molecule has 4 rings (SSSR count). The summed E-state index contributed by atoms with van der Waals surface area (Å²) < 4.78 is 16.3. The van der Waals surface area contributed by atoms with Crippen LogP contribution in [0.2, 0.25) is 0 Å². The lowest BCUT2D eigenvalue weighted by molar-refractivity contribution is -0.144.